The summed E-state index contributed by atoms with van der Waals surface area (Å²) in [5.41, 5.74) is 5.01. The molecule has 0 spiro atoms. The highest BCUT2D eigenvalue weighted by molar-refractivity contribution is 5.91. The highest BCUT2D eigenvalue weighted by Crippen LogP contribution is 2.31. The molecule has 0 saturated carbocycles. The number of esters is 1. The van der Waals surface area contributed by atoms with Crippen molar-refractivity contribution in [1.29, 1.82) is 0 Å². The molecule has 7 nitrogen and oxygen atoms in total. The summed E-state index contributed by atoms with van der Waals surface area (Å²) in [6.07, 6.45) is 7.89. The lowest BCUT2D eigenvalue weighted by molar-refractivity contribution is -0.138. The minimum Gasteiger partial charge on any atom is -0.465 e. The number of rotatable bonds is 6. The van der Waals surface area contributed by atoms with Gasteiger partial charge in [-0.2, -0.15) is 0 Å². The molecule has 36 heavy (non-hydrogen) atoms. The average molecular weight is 489 g/mol. The minimum absolute atomic E-state index is 0.0336. The van der Waals surface area contributed by atoms with Crippen LogP contribution < -0.4 is 0 Å². The van der Waals surface area contributed by atoms with Crippen LogP contribution in [0.15, 0.2) is 43.0 Å². The summed E-state index contributed by atoms with van der Waals surface area (Å²) < 4.78 is 4.79. The smallest absolute Gasteiger partial charge is 0.306 e. The van der Waals surface area contributed by atoms with Gasteiger partial charge < -0.3 is 4.74 Å². The Balaban J connectivity index is 0.000000338. The molecule has 1 saturated heterocycles. The molecule has 1 aliphatic rings. The van der Waals surface area contributed by atoms with Crippen LogP contribution in [0, 0.1) is 32.6 Å². The van der Waals surface area contributed by atoms with E-state index < -0.39 is 5.41 Å². The number of benzene rings is 1. The van der Waals surface area contributed by atoms with E-state index in [0.29, 0.717) is 30.6 Å². The van der Waals surface area contributed by atoms with Crippen molar-refractivity contribution in [2.75, 3.05) is 6.61 Å². The van der Waals surface area contributed by atoms with E-state index in [9.17, 15) is 9.59 Å². The standard InChI is InChI=1S/C22H24N4O.C7H12O2/c1-14-8-17(18-11-24-16(3)25-12-18)6-7-20(14)22(4,5)21(27)9-19-13-23-10-15(2)26-19;1-5(2)6-3-7(8)9-4-6/h6-8,10-13H,9H2,1-5H3;5-6H,3-4H2,1-2H3. The Morgan fingerprint density at radius 3 is 2.28 bits per heavy atom. The Kier molecular flexibility index (Phi) is 8.66. The fourth-order valence-electron chi connectivity index (χ4n) is 4.18. The predicted molar refractivity (Wildman–Crippen MR) is 139 cm³/mol. The van der Waals surface area contributed by atoms with Crippen LogP contribution in [0.25, 0.3) is 11.1 Å². The molecule has 190 valence electrons. The van der Waals surface area contributed by atoms with E-state index >= 15 is 0 Å². The van der Waals surface area contributed by atoms with Gasteiger partial charge in [0.2, 0.25) is 0 Å². The minimum atomic E-state index is -0.613. The monoisotopic (exact) mass is 488 g/mol. The summed E-state index contributed by atoms with van der Waals surface area (Å²) in [7, 11) is 0. The molecule has 0 aliphatic carbocycles. The van der Waals surface area contributed by atoms with Crippen LogP contribution in [0.1, 0.15) is 62.5 Å². The van der Waals surface area contributed by atoms with E-state index in [1.807, 2.05) is 59.1 Å². The fraction of sp³-hybridized carbons (Fsp3) is 0.448. The molecule has 0 N–H and O–H groups in total. The SMILES string of the molecule is CC(C)C1COC(=O)C1.Cc1cncc(CC(=O)C(C)(C)c2ccc(-c3cnc(C)nc3)cc2C)n1. The molecule has 0 amide bonds. The summed E-state index contributed by atoms with van der Waals surface area (Å²) in [5.74, 6) is 1.89. The molecule has 3 heterocycles. The number of hydrogen-bond donors (Lipinski definition) is 0. The summed E-state index contributed by atoms with van der Waals surface area (Å²) in [6.45, 7) is 14.6. The second-order valence-corrected chi connectivity index (χ2v) is 10.3. The highest BCUT2D eigenvalue weighted by Gasteiger charge is 2.31. The molecule has 1 fully saturated rings. The van der Waals surface area contributed by atoms with E-state index in [4.69, 9.17) is 4.74 Å². The quantitative estimate of drug-likeness (QED) is 0.443. The molecule has 2 aromatic heterocycles. The maximum atomic E-state index is 13.0. The van der Waals surface area contributed by atoms with E-state index in [1.165, 1.54) is 0 Å². The summed E-state index contributed by atoms with van der Waals surface area (Å²) in [5, 5.41) is 0. The van der Waals surface area contributed by atoms with Gasteiger partial charge in [0.25, 0.3) is 0 Å². The first kappa shape index (κ1) is 27.1. The summed E-state index contributed by atoms with van der Waals surface area (Å²) in [4.78, 5) is 40.6. The van der Waals surface area contributed by atoms with Crippen molar-refractivity contribution in [3.05, 3.63) is 71.3 Å². The van der Waals surface area contributed by atoms with Crippen LogP contribution in [0.2, 0.25) is 0 Å². The van der Waals surface area contributed by atoms with Crippen molar-refractivity contribution in [2.24, 2.45) is 11.8 Å². The zero-order valence-electron chi connectivity index (χ0n) is 22.3. The van der Waals surface area contributed by atoms with Gasteiger partial charge >= 0.3 is 5.97 Å². The Labute approximate surface area is 213 Å². The topological polar surface area (TPSA) is 94.9 Å². The second kappa shape index (κ2) is 11.5. The first-order valence-electron chi connectivity index (χ1n) is 12.3. The molecule has 1 atom stereocenters. The van der Waals surface area contributed by atoms with Gasteiger partial charge in [-0.1, -0.05) is 32.0 Å². The van der Waals surface area contributed by atoms with Crippen molar-refractivity contribution in [3.8, 4) is 11.1 Å². The molecule has 4 rings (SSSR count). The van der Waals surface area contributed by atoms with Crippen molar-refractivity contribution in [2.45, 2.75) is 66.7 Å². The normalized spacial score (nSPS) is 15.3. The van der Waals surface area contributed by atoms with Gasteiger partial charge in [0, 0.05) is 41.7 Å². The number of aryl methyl sites for hydroxylation is 3. The van der Waals surface area contributed by atoms with Gasteiger partial charge in [0.05, 0.1) is 30.8 Å². The Bertz CT molecular complexity index is 1220. The van der Waals surface area contributed by atoms with Crippen LogP contribution in [0.5, 0.6) is 0 Å². The fourth-order valence-corrected chi connectivity index (χ4v) is 4.18. The summed E-state index contributed by atoms with van der Waals surface area (Å²) in [6, 6.07) is 6.15. The van der Waals surface area contributed by atoms with Gasteiger partial charge in [-0.15, -0.1) is 0 Å². The van der Waals surface area contributed by atoms with Crippen molar-refractivity contribution < 1.29 is 14.3 Å². The van der Waals surface area contributed by atoms with Gasteiger partial charge in [0.1, 0.15) is 11.6 Å². The number of carbonyl (C=O) groups excluding carboxylic acids is 2. The van der Waals surface area contributed by atoms with E-state index in [-0.39, 0.29) is 18.2 Å². The van der Waals surface area contributed by atoms with Crippen LogP contribution in [0.3, 0.4) is 0 Å². The number of Topliss-reactive ketones (excluding diaryl/α,β-unsaturated/α-hetero) is 1. The lowest BCUT2D eigenvalue weighted by Gasteiger charge is -2.26. The molecule has 1 aliphatic heterocycles. The Hall–Kier alpha value is -3.48. The van der Waals surface area contributed by atoms with E-state index in [0.717, 1.165) is 33.8 Å². The third-order valence-electron chi connectivity index (χ3n) is 6.69. The Morgan fingerprint density at radius 2 is 1.75 bits per heavy atom. The number of ether oxygens (including phenoxy) is 1. The van der Waals surface area contributed by atoms with Gasteiger partial charge in [-0.25, -0.2) is 9.97 Å². The number of ketones is 1. The average Bonchev–Trinajstić information content (AvgIpc) is 3.26. The number of cyclic esters (lactones) is 1. The van der Waals surface area contributed by atoms with Crippen molar-refractivity contribution in [3.63, 3.8) is 0 Å². The second-order valence-electron chi connectivity index (χ2n) is 10.3. The van der Waals surface area contributed by atoms with E-state index in [1.54, 1.807) is 12.4 Å². The van der Waals surface area contributed by atoms with Crippen molar-refractivity contribution >= 4 is 11.8 Å². The number of nitrogens with zero attached hydrogens (tertiary/aromatic N) is 4. The third kappa shape index (κ3) is 6.80. The molecule has 0 bridgehead atoms. The number of hydrogen-bond acceptors (Lipinski definition) is 7. The lowest BCUT2D eigenvalue weighted by atomic mass is 9.76. The molecule has 3 aromatic rings. The van der Waals surface area contributed by atoms with Gasteiger partial charge in [-0.3, -0.25) is 19.6 Å². The zero-order valence-corrected chi connectivity index (χ0v) is 22.3. The van der Waals surface area contributed by atoms with Crippen LogP contribution in [-0.4, -0.2) is 38.3 Å². The maximum absolute atomic E-state index is 13.0. The van der Waals surface area contributed by atoms with Crippen LogP contribution in [0.4, 0.5) is 0 Å². The Morgan fingerprint density at radius 1 is 1.06 bits per heavy atom. The van der Waals surface area contributed by atoms with E-state index in [2.05, 4.69) is 39.8 Å². The largest absolute Gasteiger partial charge is 0.465 e. The number of aromatic nitrogens is 4. The molecular weight excluding hydrogens is 452 g/mol. The molecule has 1 unspecified atom stereocenters. The highest BCUT2D eigenvalue weighted by atomic mass is 16.5. The van der Waals surface area contributed by atoms with Gasteiger partial charge in [-0.05, 0) is 57.2 Å². The molecule has 1 aromatic carbocycles. The van der Waals surface area contributed by atoms with Crippen LogP contribution >= 0.6 is 0 Å². The molecule has 7 heteroatoms. The first-order valence-corrected chi connectivity index (χ1v) is 12.3. The molecule has 0 radical (unpaired) electrons. The van der Waals surface area contributed by atoms with Crippen molar-refractivity contribution in [1.82, 2.24) is 19.9 Å². The first-order chi connectivity index (χ1) is 17.0. The number of carbonyl (C=O) groups is 2. The zero-order chi connectivity index (χ0) is 26.5. The lowest BCUT2D eigenvalue weighted by Crippen LogP contribution is -2.31. The van der Waals surface area contributed by atoms with Gasteiger partial charge in [0.15, 0.2) is 0 Å². The third-order valence-corrected chi connectivity index (χ3v) is 6.69. The maximum Gasteiger partial charge on any atom is 0.306 e. The molecular formula is C29H36N4O3. The predicted octanol–water partition coefficient (Wildman–Crippen LogP) is 5.15. The van der Waals surface area contributed by atoms with Crippen LogP contribution in [-0.2, 0) is 26.2 Å². The summed E-state index contributed by atoms with van der Waals surface area (Å²) >= 11 is 0.